The van der Waals surface area contributed by atoms with Crippen molar-refractivity contribution < 1.29 is 13.9 Å². The van der Waals surface area contributed by atoms with Crippen molar-refractivity contribution in [1.29, 1.82) is 0 Å². The Balaban J connectivity index is 1.48. The SMILES string of the molecule is CC(=O)N1CCC(n2cc(-c3cncc(O[C@@H](C)c4c(Cl)ccc(F)c4Cl)c3)cn2)CC1. The number of rotatable bonds is 5. The topological polar surface area (TPSA) is 60.2 Å². The molecule has 3 aromatic rings. The number of carbonyl (C=O) groups is 1. The highest BCUT2D eigenvalue weighted by molar-refractivity contribution is 6.36. The summed E-state index contributed by atoms with van der Waals surface area (Å²) in [5.41, 5.74) is 2.15. The lowest BCUT2D eigenvalue weighted by molar-refractivity contribution is -0.130. The molecular weight excluding hydrogens is 454 g/mol. The van der Waals surface area contributed by atoms with Crippen molar-refractivity contribution in [2.75, 3.05) is 13.1 Å². The normalized spacial score (nSPS) is 15.6. The molecule has 1 atom stereocenters. The minimum atomic E-state index is -0.572. The number of amides is 1. The standard InChI is InChI=1S/C23H23Cl2FN4O2/c1-14(22-20(24)3-4-21(26)23(22)25)32-19-9-16(10-27-12-19)17-11-28-30(13-17)18-5-7-29(8-6-18)15(2)31/h3-4,9-14,18H,5-8H2,1-2H3/t14-/m0/s1. The maximum absolute atomic E-state index is 13.9. The summed E-state index contributed by atoms with van der Waals surface area (Å²) in [7, 11) is 0. The van der Waals surface area contributed by atoms with Gasteiger partial charge in [-0.15, -0.1) is 0 Å². The fraction of sp³-hybridized carbons (Fsp3) is 0.348. The molecule has 2 aromatic heterocycles. The Morgan fingerprint density at radius 2 is 1.94 bits per heavy atom. The van der Waals surface area contributed by atoms with Crippen LogP contribution in [0, 0.1) is 5.82 Å². The fourth-order valence-electron chi connectivity index (χ4n) is 3.95. The summed E-state index contributed by atoms with van der Waals surface area (Å²) in [5, 5.41) is 4.81. The molecule has 0 unspecified atom stereocenters. The third-order valence-corrected chi connectivity index (χ3v) is 6.44. The Bertz CT molecular complexity index is 1130. The molecule has 168 valence electrons. The first-order valence-electron chi connectivity index (χ1n) is 10.4. The first kappa shape index (κ1) is 22.6. The number of carbonyl (C=O) groups excluding carboxylic acids is 1. The zero-order chi connectivity index (χ0) is 22.8. The molecule has 1 saturated heterocycles. The van der Waals surface area contributed by atoms with Gasteiger partial charge in [0, 0.05) is 54.1 Å². The Morgan fingerprint density at radius 3 is 2.66 bits per heavy atom. The number of piperidine rings is 1. The number of hydrogen-bond acceptors (Lipinski definition) is 4. The fourth-order valence-corrected chi connectivity index (χ4v) is 4.63. The third kappa shape index (κ3) is 4.74. The number of halogens is 3. The molecule has 1 aromatic carbocycles. The van der Waals surface area contributed by atoms with Crippen molar-refractivity contribution in [2.24, 2.45) is 0 Å². The lowest BCUT2D eigenvalue weighted by Gasteiger charge is -2.31. The number of benzene rings is 1. The van der Waals surface area contributed by atoms with Gasteiger partial charge in [0.2, 0.25) is 5.91 Å². The maximum atomic E-state index is 13.9. The highest BCUT2D eigenvalue weighted by Crippen LogP contribution is 2.35. The number of pyridine rings is 1. The van der Waals surface area contributed by atoms with Gasteiger partial charge in [0.05, 0.1) is 23.5 Å². The van der Waals surface area contributed by atoms with E-state index in [0.29, 0.717) is 16.3 Å². The largest absolute Gasteiger partial charge is 0.484 e. The van der Waals surface area contributed by atoms with E-state index in [9.17, 15) is 9.18 Å². The van der Waals surface area contributed by atoms with Crippen molar-refractivity contribution in [3.8, 4) is 16.9 Å². The van der Waals surface area contributed by atoms with Crippen LogP contribution >= 0.6 is 23.2 Å². The van der Waals surface area contributed by atoms with Crippen LogP contribution in [-0.2, 0) is 4.79 Å². The third-order valence-electron chi connectivity index (χ3n) is 5.73. The number of nitrogens with zero attached hydrogens (tertiary/aromatic N) is 4. The second-order valence-electron chi connectivity index (χ2n) is 7.87. The lowest BCUT2D eigenvalue weighted by Crippen LogP contribution is -2.37. The van der Waals surface area contributed by atoms with E-state index in [4.69, 9.17) is 27.9 Å². The van der Waals surface area contributed by atoms with Gasteiger partial charge in [-0.2, -0.15) is 5.10 Å². The summed E-state index contributed by atoms with van der Waals surface area (Å²) in [6.07, 6.45) is 8.27. The van der Waals surface area contributed by atoms with Crippen molar-refractivity contribution in [3.63, 3.8) is 0 Å². The van der Waals surface area contributed by atoms with E-state index in [1.165, 1.54) is 12.1 Å². The number of ether oxygens (including phenoxy) is 1. The van der Waals surface area contributed by atoms with Crippen LogP contribution < -0.4 is 4.74 Å². The first-order chi connectivity index (χ1) is 15.3. The molecule has 0 bridgehead atoms. The molecule has 0 saturated carbocycles. The van der Waals surface area contributed by atoms with E-state index in [-0.39, 0.29) is 17.0 Å². The quantitative estimate of drug-likeness (QED) is 0.442. The Morgan fingerprint density at radius 1 is 1.19 bits per heavy atom. The molecule has 1 amide bonds. The number of aromatic nitrogens is 3. The second-order valence-corrected chi connectivity index (χ2v) is 8.66. The van der Waals surface area contributed by atoms with Crippen LogP contribution in [0.2, 0.25) is 10.0 Å². The molecular formula is C23H23Cl2FN4O2. The van der Waals surface area contributed by atoms with Gasteiger partial charge in [-0.1, -0.05) is 23.2 Å². The molecule has 0 aliphatic carbocycles. The van der Waals surface area contributed by atoms with Crippen LogP contribution in [0.25, 0.3) is 11.1 Å². The van der Waals surface area contributed by atoms with E-state index in [1.807, 2.05) is 21.8 Å². The molecule has 0 radical (unpaired) electrons. The Hall–Kier alpha value is -2.64. The summed E-state index contributed by atoms with van der Waals surface area (Å²) >= 11 is 12.3. The number of likely N-dealkylation sites (tertiary alicyclic amines) is 1. The zero-order valence-corrected chi connectivity index (χ0v) is 19.3. The highest BCUT2D eigenvalue weighted by atomic mass is 35.5. The van der Waals surface area contributed by atoms with Gasteiger partial charge >= 0.3 is 0 Å². The van der Waals surface area contributed by atoms with E-state index in [2.05, 4.69) is 10.1 Å². The molecule has 9 heteroatoms. The van der Waals surface area contributed by atoms with Crippen molar-refractivity contribution in [1.82, 2.24) is 19.7 Å². The van der Waals surface area contributed by atoms with Gasteiger partial charge in [-0.05, 0) is 38.0 Å². The van der Waals surface area contributed by atoms with Crippen LogP contribution in [0.5, 0.6) is 5.75 Å². The van der Waals surface area contributed by atoms with Crippen LogP contribution in [-0.4, -0.2) is 38.7 Å². The van der Waals surface area contributed by atoms with Gasteiger partial charge in [0.1, 0.15) is 17.7 Å². The smallest absolute Gasteiger partial charge is 0.219 e. The summed E-state index contributed by atoms with van der Waals surface area (Å²) in [6, 6.07) is 4.79. The van der Waals surface area contributed by atoms with Crippen LogP contribution in [0.15, 0.2) is 43.0 Å². The Kier molecular flexibility index (Phi) is 6.67. The lowest BCUT2D eigenvalue weighted by atomic mass is 10.1. The predicted octanol–water partition coefficient (Wildman–Crippen LogP) is 5.71. The highest BCUT2D eigenvalue weighted by Gasteiger charge is 2.23. The predicted molar refractivity (Wildman–Crippen MR) is 121 cm³/mol. The molecule has 1 fully saturated rings. The molecule has 1 aliphatic heterocycles. The van der Waals surface area contributed by atoms with Gasteiger partial charge in [0.25, 0.3) is 0 Å². The first-order valence-corrected chi connectivity index (χ1v) is 11.1. The van der Waals surface area contributed by atoms with Crippen molar-refractivity contribution in [3.05, 3.63) is 64.4 Å². The Labute approximate surface area is 195 Å². The molecule has 6 nitrogen and oxygen atoms in total. The molecule has 3 heterocycles. The van der Waals surface area contributed by atoms with Crippen LogP contribution in [0.3, 0.4) is 0 Å². The van der Waals surface area contributed by atoms with Crippen LogP contribution in [0.4, 0.5) is 4.39 Å². The molecule has 32 heavy (non-hydrogen) atoms. The summed E-state index contributed by atoms with van der Waals surface area (Å²) in [6.45, 7) is 4.84. The zero-order valence-electron chi connectivity index (χ0n) is 17.8. The molecule has 1 aliphatic rings. The van der Waals surface area contributed by atoms with Crippen molar-refractivity contribution in [2.45, 2.75) is 38.8 Å². The minimum absolute atomic E-state index is 0.0498. The summed E-state index contributed by atoms with van der Waals surface area (Å²) in [5.74, 6) is 0.0754. The van der Waals surface area contributed by atoms with E-state index in [0.717, 1.165) is 37.1 Å². The summed E-state index contributed by atoms with van der Waals surface area (Å²) in [4.78, 5) is 17.7. The minimum Gasteiger partial charge on any atom is -0.484 e. The van der Waals surface area contributed by atoms with E-state index in [1.54, 1.807) is 32.4 Å². The average molecular weight is 477 g/mol. The van der Waals surface area contributed by atoms with E-state index < -0.39 is 11.9 Å². The summed E-state index contributed by atoms with van der Waals surface area (Å²) < 4.78 is 21.8. The second kappa shape index (κ2) is 9.46. The molecule has 4 rings (SSSR count). The monoisotopic (exact) mass is 476 g/mol. The molecule has 0 N–H and O–H groups in total. The van der Waals surface area contributed by atoms with Gasteiger partial charge in [0.15, 0.2) is 0 Å². The number of hydrogen-bond donors (Lipinski definition) is 0. The van der Waals surface area contributed by atoms with Crippen LogP contribution in [0.1, 0.15) is 44.4 Å². The van der Waals surface area contributed by atoms with Crippen molar-refractivity contribution >= 4 is 29.1 Å². The van der Waals surface area contributed by atoms with E-state index >= 15 is 0 Å². The van der Waals surface area contributed by atoms with Gasteiger partial charge < -0.3 is 9.64 Å². The van der Waals surface area contributed by atoms with Gasteiger partial charge in [-0.3, -0.25) is 14.5 Å². The maximum Gasteiger partial charge on any atom is 0.219 e. The average Bonchev–Trinajstić information content (AvgIpc) is 3.27. The molecule has 0 spiro atoms. The van der Waals surface area contributed by atoms with Gasteiger partial charge in [-0.25, -0.2) is 4.39 Å².